The van der Waals surface area contributed by atoms with E-state index in [4.69, 9.17) is 4.74 Å². The second-order valence-electron chi connectivity index (χ2n) is 8.30. The quantitative estimate of drug-likeness (QED) is 0.813. The zero-order valence-electron chi connectivity index (χ0n) is 16.0. The molecular formula is C20H25N5O2. The molecule has 4 rings (SSSR count). The van der Waals surface area contributed by atoms with Crippen molar-refractivity contribution in [1.82, 2.24) is 20.1 Å². The predicted octanol–water partition coefficient (Wildman–Crippen LogP) is 2.84. The number of carbonyl (C=O) groups is 1. The molecule has 142 valence electrons. The van der Waals surface area contributed by atoms with Gasteiger partial charge in [0.1, 0.15) is 11.3 Å². The maximum Gasteiger partial charge on any atom is 0.410 e. The van der Waals surface area contributed by atoms with Crippen LogP contribution in [-0.2, 0) is 4.74 Å². The number of likely N-dealkylation sites (tertiary alicyclic amines) is 1. The fraction of sp³-hybridized carbons (Fsp3) is 0.500. The summed E-state index contributed by atoms with van der Waals surface area (Å²) in [6, 6.07) is 9.72. The summed E-state index contributed by atoms with van der Waals surface area (Å²) in [4.78, 5) is 20.7. The van der Waals surface area contributed by atoms with E-state index in [9.17, 15) is 4.79 Å². The fourth-order valence-electron chi connectivity index (χ4n) is 3.80. The molecule has 0 bridgehead atoms. The Kier molecular flexibility index (Phi) is 4.45. The van der Waals surface area contributed by atoms with Crippen molar-refractivity contribution in [1.29, 1.82) is 0 Å². The highest BCUT2D eigenvalue weighted by Gasteiger charge is 2.43. The molecular weight excluding hydrogens is 342 g/mol. The second kappa shape index (κ2) is 6.79. The van der Waals surface area contributed by atoms with Gasteiger partial charge in [-0.2, -0.15) is 0 Å². The van der Waals surface area contributed by atoms with Crippen molar-refractivity contribution < 1.29 is 9.53 Å². The molecule has 27 heavy (non-hydrogen) atoms. The number of fused-ring (bicyclic) bond motifs is 1. The van der Waals surface area contributed by atoms with Gasteiger partial charge in [0.2, 0.25) is 0 Å². The summed E-state index contributed by atoms with van der Waals surface area (Å²) in [5.74, 6) is 1.79. The fourth-order valence-corrected chi connectivity index (χ4v) is 3.80. The molecule has 0 aromatic carbocycles. The highest BCUT2D eigenvalue weighted by atomic mass is 16.6. The standard InChI is InChI=1S/C20H25N5O2/c1-20(2,3)27-19(26)25-12-14-10-24(11-15(14)13-25)18-8-7-17(22-23-18)16-6-4-5-9-21-16/h4-9,14-15H,10-13H2,1-3H3/t14-,15-/m0/s1. The Morgan fingerprint density at radius 3 is 2.30 bits per heavy atom. The maximum absolute atomic E-state index is 12.3. The third kappa shape index (κ3) is 3.86. The molecule has 2 aromatic heterocycles. The minimum absolute atomic E-state index is 0.206. The van der Waals surface area contributed by atoms with E-state index in [0.29, 0.717) is 11.8 Å². The first-order valence-electron chi connectivity index (χ1n) is 9.37. The van der Waals surface area contributed by atoms with Crippen molar-refractivity contribution in [2.45, 2.75) is 26.4 Å². The van der Waals surface area contributed by atoms with E-state index < -0.39 is 5.60 Å². The van der Waals surface area contributed by atoms with E-state index in [-0.39, 0.29) is 6.09 Å². The van der Waals surface area contributed by atoms with Gasteiger partial charge in [0.15, 0.2) is 5.82 Å². The SMILES string of the molecule is CC(C)(C)OC(=O)N1C[C@@H]2CN(c3ccc(-c4ccccn4)nn3)C[C@H]2C1. The minimum Gasteiger partial charge on any atom is -0.444 e. The van der Waals surface area contributed by atoms with Gasteiger partial charge >= 0.3 is 6.09 Å². The molecule has 4 heterocycles. The topological polar surface area (TPSA) is 71.5 Å². The summed E-state index contributed by atoms with van der Waals surface area (Å²) in [5, 5.41) is 8.73. The Hall–Kier alpha value is -2.70. The lowest BCUT2D eigenvalue weighted by atomic mass is 10.0. The zero-order chi connectivity index (χ0) is 19.0. The van der Waals surface area contributed by atoms with Crippen LogP contribution in [0, 0.1) is 11.8 Å². The van der Waals surface area contributed by atoms with Crippen molar-refractivity contribution in [3.63, 3.8) is 0 Å². The summed E-state index contributed by atoms with van der Waals surface area (Å²) in [7, 11) is 0. The molecule has 0 saturated carbocycles. The van der Waals surface area contributed by atoms with Gasteiger partial charge in [-0.05, 0) is 45.0 Å². The monoisotopic (exact) mass is 367 g/mol. The van der Waals surface area contributed by atoms with Crippen molar-refractivity contribution in [3.8, 4) is 11.4 Å². The number of nitrogens with zero attached hydrogens (tertiary/aromatic N) is 5. The first-order valence-corrected chi connectivity index (χ1v) is 9.37. The number of aromatic nitrogens is 3. The molecule has 0 N–H and O–H groups in total. The molecule has 0 spiro atoms. The lowest BCUT2D eigenvalue weighted by Crippen LogP contribution is -2.37. The minimum atomic E-state index is -0.453. The van der Waals surface area contributed by atoms with Crippen LogP contribution in [0.5, 0.6) is 0 Å². The summed E-state index contributed by atoms with van der Waals surface area (Å²) < 4.78 is 5.50. The molecule has 0 unspecified atom stereocenters. The first-order chi connectivity index (χ1) is 12.9. The molecule has 1 amide bonds. The number of hydrogen-bond acceptors (Lipinski definition) is 6. The Labute approximate surface area is 159 Å². The Morgan fingerprint density at radius 2 is 1.74 bits per heavy atom. The van der Waals surface area contributed by atoms with Gasteiger partial charge in [0, 0.05) is 44.2 Å². The van der Waals surface area contributed by atoms with Gasteiger partial charge in [-0.15, -0.1) is 10.2 Å². The molecule has 2 fully saturated rings. The third-order valence-electron chi connectivity index (χ3n) is 5.04. The highest BCUT2D eigenvalue weighted by molar-refractivity contribution is 5.68. The van der Waals surface area contributed by atoms with E-state index in [1.54, 1.807) is 6.20 Å². The maximum atomic E-state index is 12.3. The summed E-state index contributed by atoms with van der Waals surface area (Å²) in [6.45, 7) is 8.97. The lowest BCUT2D eigenvalue weighted by Gasteiger charge is -2.26. The van der Waals surface area contributed by atoms with Crippen LogP contribution in [0.2, 0.25) is 0 Å². The van der Waals surface area contributed by atoms with Gasteiger partial charge < -0.3 is 14.5 Å². The first kappa shape index (κ1) is 17.7. The van der Waals surface area contributed by atoms with Gasteiger partial charge in [0.05, 0.1) is 5.69 Å². The Bertz CT molecular complexity index is 789. The number of hydrogen-bond donors (Lipinski definition) is 0. The lowest BCUT2D eigenvalue weighted by molar-refractivity contribution is 0.0282. The molecule has 2 aromatic rings. The normalized spacial score (nSPS) is 22.0. The van der Waals surface area contributed by atoms with Gasteiger partial charge in [-0.1, -0.05) is 6.07 Å². The Balaban J connectivity index is 1.37. The molecule has 2 aliphatic heterocycles. The Morgan fingerprint density at radius 1 is 1.00 bits per heavy atom. The van der Waals surface area contributed by atoms with Gasteiger partial charge in [-0.3, -0.25) is 4.98 Å². The highest BCUT2D eigenvalue weighted by Crippen LogP contribution is 2.34. The zero-order valence-corrected chi connectivity index (χ0v) is 16.0. The van der Waals surface area contributed by atoms with E-state index >= 15 is 0 Å². The molecule has 7 heteroatoms. The van der Waals surface area contributed by atoms with E-state index in [0.717, 1.165) is 43.4 Å². The number of anilines is 1. The number of carbonyl (C=O) groups excluding carboxylic acids is 1. The molecule has 0 aliphatic carbocycles. The van der Waals surface area contributed by atoms with Crippen LogP contribution in [0.3, 0.4) is 0 Å². The number of amides is 1. The third-order valence-corrected chi connectivity index (χ3v) is 5.04. The molecule has 7 nitrogen and oxygen atoms in total. The molecule has 2 aliphatic rings. The van der Waals surface area contributed by atoms with Crippen LogP contribution in [-0.4, -0.2) is 58.0 Å². The van der Waals surface area contributed by atoms with Crippen LogP contribution in [0.15, 0.2) is 36.5 Å². The second-order valence-corrected chi connectivity index (χ2v) is 8.30. The number of pyridine rings is 1. The van der Waals surface area contributed by atoms with Crippen LogP contribution in [0.1, 0.15) is 20.8 Å². The van der Waals surface area contributed by atoms with Crippen molar-refractivity contribution in [2.75, 3.05) is 31.1 Å². The smallest absolute Gasteiger partial charge is 0.410 e. The summed E-state index contributed by atoms with van der Waals surface area (Å²) in [6.07, 6.45) is 1.55. The molecule has 2 atom stereocenters. The van der Waals surface area contributed by atoms with E-state index in [2.05, 4.69) is 20.1 Å². The number of rotatable bonds is 2. The van der Waals surface area contributed by atoms with Crippen LogP contribution in [0.4, 0.5) is 10.6 Å². The molecule has 0 radical (unpaired) electrons. The summed E-state index contributed by atoms with van der Waals surface area (Å²) in [5.41, 5.74) is 1.14. The van der Waals surface area contributed by atoms with Crippen LogP contribution >= 0.6 is 0 Å². The summed E-state index contributed by atoms with van der Waals surface area (Å²) >= 11 is 0. The largest absolute Gasteiger partial charge is 0.444 e. The van der Waals surface area contributed by atoms with Crippen molar-refractivity contribution in [2.24, 2.45) is 11.8 Å². The average Bonchev–Trinajstić information content (AvgIpc) is 3.20. The van der Waals surface area contributed by atoms with Crippen molar-refractivity contribution in [3.05, 3.63) is 36.5 Å². The van der Waals surface area contributed by atoms with E-state index in [1.165, 1.54) is 0 Å². The van der Waals surface area contributed by atoms with Crippen molar-refractivity contribution >= 4 is 11.9 Å². The predicted molar refractivity (Wildman–Crippen MR) is 102 cm³/mol. The molecule has 2 saturated heterocycles. The average molecular weight is 367 g/mol. The number of ether oxygens (including phenoxy) is 1. The van der Waals surface area contributed by atoms with Gasteiger partial charge in [0.25, 0.3) is 0 Å². The van der Waals surface area contributed by atoms with Crippen LogP contribution < -0.4 is 4.90 Å². The van der Waals surface area contributed by atoms with Crippen LogP contribution in [0.25, 0.3) is 11.4 Å². The van der Waals surface area contributed by atoms with Gasteiger partial charge in [-0.25, -0.2) is 4.79 Å². The van der Waals surface area contributed by atoms with E-state index in [1.807, 2.05) is 56.0 Å².